The Morgan fingerprint density at radius 2 is 1.37 bits per heavy atom. The minimum absolute atomic E-state index is 0.108. The molecule has 0 radical (unpaired) electrons. The van der Waals surface area contributed by atoms with Crippen molar-refractivity contribution in [1.29, 1.82) is 0 Å². The van der Waals surface area contributed by atoms with Crippen LogP contribution in [0, 0.1) is 5.41 Å². The van der Waals surface area contributed by atoms with E-state index in [-0.39, 0.29) is 22.5 Å². The molecule has 0 aromatic rings. The SMILES string of the molecule is CC(C)(C)C1CCN(C(C)(C)C)C(=O)N1C(C)(C)C. The smallest absolute Gasteiger partial charge is 0.320 e. The van der Waals surface area contributed by atoms with Crippen LogP contribution in [0.1, 0.15) is 68.7 Å². The first-order chi connectivity index (χ1) is 8.26. The maximum Gasteiger partial charge on any atom is 0.321 e. The lowest BCUT2D eigenvalue weighted by atomic mass is 9.80. The van der Waals surface area contributed by atoms with Crippen molar-refractivity contribution in [3.8, 4) is 0 Å². The number of carbonyl (C=O) groups is 1. The second-order valence-electron chi connectivity index (χ2n) is 8.82. The largest absolute Gasteiger partial charge is 0.321 e. The van der Waals surface area contributed by atoms with Crippen LogP contribution in [0.15, 0.2) is 0 Å². The Balaban J connectivity index is 3.16. The third-order valence-corrected chi connectivity index (χ3v) is 3.91. The summed E-state index contributed by atoms with van der Waals surface area (Å²) in [5, 5.41) is 0. The molecule has 1 fully saturated rings. The summed E-state index contributed by atoms with van der Waals surface area (Å²) in [4.78, 5) is 17.0. The van der Waals surface area contributed by atoms with Gasteiger partial charge in [0, 0.05) is 23.7 Å². The highest BCUT2D eigenvalue weighted by Gasteiger charge is 2.46. The van der Waals surface area contributed by atoms with Crippen LogP contribution in [0.2, 0.25) is 0 Å². The van der Waals surface area contributed by atoms with E-state index in [0.29, 0.717) is 6.04 Å². The van der Waals surface area contributed by atoms with E-state index >= 15 is 0 Å². The lowest BCUT2D eigenvalue weighted by molar-refractivity contribution is -0.0148. The number of rotatable bonds is 0. The second kappa shape index (κ2) is 4.68. The summed E-state index contributed by atoms with van der Waals surface area (Å²) in [6, 6.07) is 0.491. The van der Waals surface area contributed by atoms with Crippen molar-refractivity contribution in [3.63, 3.8) is 0 Å². The minimum atomic E-state index is -0.140. The van der Waals surface area contributed by atoms with Crippen molar-refractivity contribution in [2.75, 3.05) is 6.54 Å². The zero-order valence-electron chi connectivity index (χ0n) is 14.3. The Bertz CT molecular complexity index is 341. The van der Waals surface area contributed by atoms with Crippen molar-refractivity contribution in [3.05, 3.63) is 0 Å². The number of hydrogen-bond acceptors (Lipinski definition) is 1. The summed E-state index contributed by atoms with van der Waals surface area (Å²) < 4.78 is 0. The molecule has 3 nitrogen and oxygen atoms in total. The van der Waals surface area contributed by atoms with Crippen LogP contribution in [0.3, 0.4) is 0 Å². The topological polar surface area (TPSA) is 23.6 Å². The van der Waals surface area contributed by atoms with Gasteiger partial charge in [0.25, 0.3) is 0 Å². The Hall–Kier alpha value is -0.730. The normalized spacial score (nSPS) is 23.0. The van der Waals surface area contributed by atoms with Crippen molar-refractivity contribution in [2.24, 2.45) is 5.41 Å². The number of amides is 2. The summed E-state index contributed by atoms with van der Waals surface area (Å²) in [5.41, 5.74) is -0.130. The Morgan fingerprint density at radius 1 is 0.895 bits per heavy atom. The first-order valence-corrected chi connectivity index (χ1v) is 7.37. The highest BCUT2D eigenvalue weighted by molar-refractivity contribution is 5.77. The van der Waals surface area contributed by atoms with Crippen molar-refractivity contribution in [1.82, 2.24) is 9.80 Å². The molecule has 3 heteroatoms. The molecule has 19 heavy (non-hydrogen) atoms. The van der Waals surface area contributed by atoms with Gasteiger partial charge in [-0.05, 0) is 53.4 Å². The van der Waals surface area contributed by atoms with Crippen LogP contribution in [-0.4, -0.2) is 39.5 Å². The minimum Gasteiger partial charge on any atom is -0.320 e. The number of urea groups is 1. The molecule has 1 rings (SSSR count). The molecule has 1 atom stereocenters. The molecule has 112 valence electrons. The summed E-state index contributed by atoms with van der Waals surface area (Å²) >= 11 is 0. The van der Waals surface area contributed by atoms with Crippen LogP contribution >= 0.6 is 0 Å². The van der Waals surface area contributed by atoms with E-state index in [9.17, 15) is 4.79 Å². The van der Waals surface area contributed by atoms with Crippen molar-refractivity contribution in [2.45, 2.75) is 85.9 Å². The van der Waals surface area contributed by atoms with Gasteiger partial charge >= 0.3 is 6.03 Å². The summed E-state index contributed by atoms with van der Waals surface area (Å²) in [7, 11) is 0. The van der Waals surface area contributed by atoms with Gasteiger partial charge in [-0.3, -0.25) is 0 Å². The van der Waals surface area contributed by atoms with E-state index in [2.05, 4.69) is 67.2 Å². The fraction of sp³-hybridized carbons (Fsp3) is 0.938. The molecule has 0 spiro atoms. The molecular weight excluding hydrogens is 236 g/mol. The van der Waals surface area contributed by atoms with E-state index in [1.807, 2.05) is 4.90 Å². The van der Waals surface area contributed by atoms with E-state index < -0.39 is 0 Å². The summed E-state index contributed by atoms with van der Waals surface area (Å²) in [5.74, 6) is 0. The third kappa shape index (κ3) is 3.43. The van der Waals surface area contributed by atoms with Crippen LogP contribution in [-0.2, 0) is 0 Å². The lowest BCUT2D eigenvalue weighted by Gasteiger charge is -2.55. The average molecular weight is 268 g/mol. The predicted molar refractivity (Wildman–Crippen MR) is 81.3 cm³/mol. The maximum absolute atomic E-state index is 12.9. The molecule has 1 aliphatic rings. The van der Waals surface area contributed by atoms with Gasteiger partial charge in [-0.1, -0.05) is 20.8 Å². The van der Waals surface area contributed by atoms with E-state index in [1.54, 1.807) is 0 Å². The zero-order chi connectivity index (χ0) is 15.2. The highest BCUT2D eigenvalue weighted by Crippen LogP contribution is 2.37. The molecular formula is C16H32N2O. The van der Waals surface area contributed by atoms with Crippen LogP contribution in [0.4, 0.5) is 4.79 Å². The van der Waals surface area contributed by atoms with Gasteiger partial charge < -0.3 is 9.80 Å². The molecule has 0 aliphatic carbocycles. The molecule has 0 bridgehead atoms. The Morgan fingerprint density at radius 3 is 1.68 bits per heavy atom. The predicted octanol–water partition coefficient (Wildman–Crippen LogP) is 4.13. The van der Waals surface area contributed by atoms with Gasteiger partial charge in [-0.2, -0.15) is 0 Å². The van der Waals surface area contributed by atoms with Gasteiger partial charge in [-0.25, -0.2) is 4.79 Å². The summed E-state index contributed by atoms with van der Waals surface area (Å²) in [6.45, 7) is 20.3. The van der Waals surface area contributed by atoms with Crippen LogP contribution in [0.25, 0.3) is 0 Å². The quantitative estimate of drug-likeness (QED) is 0.648. The standard InChI is InChI=1S/C16H32N2O/c1-14(2,3)12-10-11-17(15(4,5)6)13(19)18(12)16(7,8)9/h12H,10-11H2,1-9H3. The van der Waals surface area contributed by atoms with Gasteiger partial charge in [0.15, 0.2) is 0 Å². The highest BCUT2D eigenvalue weighted by atomic mass is 16.2. The first-order valence-electron chi connectivity index (χ1n) is 7.37. The molecule has 1 aliphatic heterocycles. The lowest BCUT2D eigenvalue weighted by Crippen LogP contribution is -2.66. The zero-order valence-corrected chi connectivity index (χ0v) is 14.3. The van der Waals surface area contributed by atoms with Gasteiger partial charge in [0.2, 0.25) is 0 Å². The fourth-order valence-corrected chi connectivity index (χ4v) is 2.94. The maximum atomic E-state index is 12.9. The van der Waals surface area contributed by atoms with Crippen LogP contribution in [0.5, 0.6) is 0 Å². The molecule has 1 saturated heterocycles. The summed E-state index contributed by atoms with van der Waals surface area (Å²) in [6.07, 6.45) is 1.05. The molecule has 0 N–H and O–H groups in total. The molecule has 0 aromatic carbocycles. The van der Waals surface area contributed by atoms with Gasteiger partial charge in [0.1, 0.15) is 0 Å². The fourth-order valence-electron chi connectivity index (χ4n) is 2.94. The Kier molecular flexibility index (Phi) is 4.02. The number of hydrogen-bond donors (Lipinski definition) is 0. The van der Waals surface area contributed by atoms with E-state index in [4.69, 9.17) is 0 Å². The third-order valence-electron chi connectivity index (χ3n) is 3.91. The van der Waals surface area contributed by atoms with E-state index in [1.165, 1.54) is 0 Å². The van der Waals surface area contributed by atoms with E-state index in [0.717, 1.165) is 13.0 Å². The van der Waals surface area contributed by atoms with Crippen molar-refractivity contribution >= 4 is 6.03 Å². The second-order valence-corrected chi connectivity index (χ2v) is 8.82. The number of nitrogens with zero attached hydrogens (tertiary/aromatic N) is 2. The van der Waals surface area contributed by atoms with Crippen molar-refractivity contribution < 1.29 is 4.79 Å². The monoisotopic (exact) mass is 268 g/mol. The molecule has 0 aromatic heterocycles. The molecule has 0 saturated carbocycles. The molecule has 1 heterocycles. The van der Waals surface area contributed by atoms with Gasteiger partial charge in [0.05, 0.1) is 0 Å². The first kappa shape index (κ1) is 16.3. The Labute approximate surface area is 119 Å². The molecule has 1 unspecified atom stereocenters. The molecule has 2 amide bonds. The van der Waals surface area contributed by atoms with Gasteiger partial charge in [-0.15, -0.1) is 0 Å². The average Bonchev–Trinajstić information content (AvgIpc) is 2.11. The van der Waals surface area contributed by atoms with Crippen LogP contribution < -0.4 is 0 Å². The number of carbonyl (C=O) groups excluding carboxylic acids is 1.